The van der Waals surface area contributed by atoms with Crippen LogP contribution < -0.4 is 5.01 Å². The molecule has 0 aliphatic carbocycles. The fourth-order valence-electron chi connectivity index (χ4n) is 2.41. The molecule has 1 unspecified atom stereocenters. The lowest BCUT2D eigenvalue weighted by Gasteiger charge is -2.16. The SMILES string of the molecule is Cc1ncc(C(=O)O)cc1N1CC(c2cnn(C)c2C)N=N1. The first-order chi connectivity index (χ1) is 10.5. The summed E-state index contributed by atoms with van der Waals surface area (Å²) >= 11 is 0. The van der Waals surface area contributed by atoms with Crippen molar-refractivity contribution in [3.05, 3.63) is 41.0 Å². The average molecular weight is 300 g/mol. The molecule has 0 saturated heterocycles. The number of aromatic nitrogens is 3. The van der Waals surface area contributed by atoms with Crippen LogP contribution in [-0.2, 0) is 7.05 Å². The highest BCUT2D eigenvalue weighted by Gasteiger charge is 2.26. The van der Waals surface area contributed by atoms with E-state index in [0.717, 1.165) is 11.3 Å². The molecule has 1 atom stereocenters. The second-order valence-electron chi connectivity index (χ2n) is 5.25. The van der Waals surface area contributed by atoms with Crippen LogP contribution >= 0.6 is 0 Å². The van der Waals surface area contributed by atoms with Crippen LogP contribution in [0.4, 0.5) is 5.69 Å². The molecule has 0 spiro atoms. The predicted octanol–water partition coefficient (Wildman–Crippen LogP) is 2.06. The Morgan fingerprint density at radius 2 is 2.14 bits per heavy atom. The number of aromatic carboxylic acids is 1. The quantitative estimate of drug-likeness (QED) is 0.936. The Morgan fingerprint density at radius 3 is 2.77 bits per heavy atom. The van der Waals surface area contributed by atoms with Crippen molar-refractivity contribution in [3.63, 3.8) is 0 Å². The summed E-state index contributed by atoms with van der Waals surface area (Å²) in [6.45, 7) is 4.34. The Kier molecular flexibility index (Phi) is 3.36. The maximum absolute atomic E-state index is 11.1. The molecule has 8 nitrogen and oxygen atoms in total. The molecular weight excluding hydrogens is 284 g/mol. The summed E-state index contributed by atoms with van der Waals surface area (Å²) in [5.74, 6) is -1.01. The maximum atomic E-state index is 11.1. The number of hydrogen-bond donors (Lipinski definition) is 1. The van der Waals surface area contributed by atoms with Gasteiger partial charge in [-0.15, -0.1) is 0 Å². The molecule has 0 radical (unpaired) electrons. The zero-order valence-corrected chi connectivity index (χ0v) is 12.6. The summed E-state index contributed by atoms with van der Waals surface area (Å²) in [6, 6.07) is 1.46. The van der Waals surface area contributed by atoms with E-state index in [1.165, 1.54) is 6.20 Å². The second kappa shape index (κ2) is 5.21. The van der Waals surface area contributed by atoms with Gasteiger partial charge in [0.2, 0.25) is 0 Å². The number of pyridine rings is 1. The van der Waals surface area contributed by atoms with Crippen LogP contribution in [0.25, 0.3) is 0 Å². The Hall–Kier alpha value is -2.77. The highest BCUT2D eigenvalue weighted by molar-refractivity contribution is 5.88. The third-order valence-corrected chi connectivity index (χ3v) is 3.86. The molecule has 0 amide bonds. The van der Waals surface area contributed by atoms with Gasteiger partial charge < -0.3 is 5.11 Å². The van der Waals surface area contributed by atoms with Gasteiger partial charge in [0.1, 0.15) is 6.04 Å². The number of nitrogens with zero attached hydrogens (tertiary/aromatic N) is 6. The third kappa shape index (κ3) is 2.32. The number of carboxylic acid groups (broad SMARTS) is 1. The van der Waals surface area contributed by atoms with Gasteiger partial charge in [0.25, 0.3) is 0 Å². The predicted molar refractivity (Wildman–Crippen MR) is 78.8 cm³/mol. The van der Waals surface area contributed by atoms with Crippen molar-refractivity contribution in [2.75, 3.05) is 11.6 Å². The first-order valence-electron chi connectivity index (χ1n) is 6.84. The first kappa shape index (κ1) is 14.2. The molecule has 3 rings (SSSR count). The highest BCUT2D eigenvalue weighted by Crippen LogP contribution is 2.31. The van der Waals surface area contributed by atoms with Crippen LogP contribution in [-0.4, -0.2) is 32.4 Å². The van der Waals surface area contributed by atoms with Crippen molar-refractivity contribution in [2.45, 2.75) is 19.9 Å². The summed E-state index contributed by atoms with van der Waals surface area (Å²) in [4.78, 5) is 15.2. The summed E-state index contributed by atoms with van der Waals surface area (Å²) in [5.41, 5.74) is 3.57. The van der Waals surface area contributed by atoms with Gasteiger partial charge in [0, 0.05) is 24.5 Å². The molecule has 0 fully saturated rings. The van der Waals surface area contributed by atoms with E-state index in [1.54, 1.807) is 22.0 Å². The van der Waals surface area contributed by atoms with Crippen LogP contribution in [0.15, 0.2) is 28.8 Å². The van der Waals surface area contributed by atoms with E-state index < -0.39 is 5.97 Å². The summed E-state index contributed by atoms with van der Waals surface area (Å²) in [5, 5.41) is 23.4. The molecule has 2 aromatic rings. The van der Waals surface area contributed by atoms with Gasteiger partial charge in [-0.2, -0.15) is 10.2 Å². The standard InChI is InChI=1S/C14H16N6O2/c1-8-13(4-10(5-15-8)14(21)22)20-7-12(17-18-20)11-6-16-19(3)9(11)2/h4-6,12H,7H2,1-3H3,(H,21,22). The van der Waals surface area contributed by atoms with Gasteiger partial charge in [-0.25, -0.2) is 9.80 Å². The van der Waals surface area contributed by atoms with Gasteiger partial charge in [0.15, 0.2) is 0 Å². The molecule has 1 aliphatic rings. The van der Waals surface area contributed by atoms with E-state index in [4.69, 9.17) is 5.11 Å². The Bertz CT molecular complexity index is 767. The molecule has 3 heterocycles. The van der Waals surface area contributed by atoms with Crippen LogP contribution in [0, 0.1) is 13.8 Å². The average Bonchev–Trinajstić information content (AvgIpc) is 3.07. The van der Waals surface area contributed by atoms with Crippen molar-refractivity contribution in [1.29, 1.82) is 0 Å². The number of anilines is 1. The maximum Gasteiger partial charge on any atom is 0.337 e. The van der Waals surface area contributed by atoms with E-state index in [-0.39, 0.29) is 11.6 Å². The zero-order chi connectivity index (χ0) is 15.9. The van der Waals surface area contributed by atoms with Gasteiger partial charge in [-0.1, -0.05) is 5.22 Å². The number of carboxylic acids is 1. The van der Waals surface area contributed by atoms with Crippen LogP contribution in [0.5, 0.6) is 0 Å². The minimum Gasteiger partial charge on any atom is -0.478 e. The molecule has 0 bridgehead atoms. The number of hydrogen-bond acceptors (Lipinski definition) is 6. The molecule has 8 heteroatoms. The molecule has 22 heavy (non-hydrogen) atoms. The molecule has 0 aromatic carbocycles. The summed E-state index contributed by atoms with van der Waals surface area (Å²) < 4.78 is 1.80. The lowest BCUT2D eigenvalue weighted by atomic mass is 10.1. The molecular formula is C14H16N6O2. The zero-order valence-electron chi connectivity index (χ0n) is 12.6. The Labute approximate surface area is 127 Å². The minimum atomic E-state index is -1.01. The molecule has 0 saturated carbocycles. The van der Waals surface area contributed by atoms with Gasteiger partial charge >= 0.3 is 5.97 Å². The molecule has 2 aromatic heterocycles. The molecule has 1 N–H and O–H groups in total. The number of aryl methyl sites for hydroxylation is 2. The fraction of sp³-hybridized carbons (Fsp3) is 0.357. The third-order valence-electron chi connectivity index (χ3n) is 3.86. The number of carbonyl (C=O) groups is 1. The smallest absolute Gasteiger partial charge is 0.337 e. The van der Waals surface area contributed by atoms with Crippen molar-refractivity contribution in [1.82, 2.24) is 14.8 Å². The Balaban J connectivity index is 1.87. The van der Waals surface area contributed by atoms with Crippen LogP contribution in [0.2, 0.25) is 0 Å². The molecule has 1 aliphatic heterocycles. The van der Waals surface area contributed by atoms with Gasteiger partial charge in [0.05, 0.1) is 29.7 Å². The summed E-state index contributed by atoms with van der Waals surface area (Å²) in [6.07, 6.45) is 3.14. The van der Waals surface area contributed by atoms with Crippen LogP contribution in [0.3, 0.4) is 0 Å². The second-order valence-corrected chi connectivity index (χ2v) is 5.25. The summed E-state index contributed by atoms with van der Waals surface area (Å²) in [7, 11) is 1.88. The monoisotopic (exact) mass is 300 g/mol. The van der Waals surface area contributed by atoms with Crippen molar-refractivity contribution < 1.29 is 9.90 Å². The topological polar surface area (TPSA) is 96.0 Å². The Morgan fingerprint density at radius 1 is 1.36 bits per heavy atom. The fourth-order valence-corrected chi connectivity index (χ4v) is 2.41. The van der Waals surface area contributed by atoms with Crippen molar-refractivity contribution in [2.24, 2.45) is 17.4 Å². The van der Waals surface area contributed by atoms with Crippen LogP contribution in [0.1, 0.15) is 33.4 Å². The van der Waals surface area contributed by atoms with E-state index >= 15 is 0 Å². The van der Waals surface area contributed by atoms with E-state index in [0.29, 0.717) is 17.9 Å². The van der Waals surface area contributed by atoms with E-state index in [2.05, 4.69) is 20.4 Å². The van der Waals surface area contributed by atoms with Gasteiger partial charge in [-0.3, -0.25) is 9.67 Å². The van der Waals surface area contributed by atoms with E-state index in [9.17, 15) is 4.79 Å². The lowest BCUT2D eigenvalue weighted by Crippen LogP contribution is -2.18. The molecule has 114 valence electrons. The number of rotatable bonds is 3. The minimum absolute atomic E-state index is 0.110. The first-order valence-corrected chi connectivity index (χ1v) is 6.84. The van der Waals surface area contributed by atoms with Crippen molar-refractivity contribution >= 4 is 11.7 Å². The van der Waals surface area contributed by atoms with Crippen molar-refractivity contribution in [3.8, 4) is 0 Å². The van der Waals surface area contributed by atoms with E-state index in [1.807, 2.05) is 20.9 Å². The van der Waals surface area contributed by atoms with Gasteiger partial charge in [-0.05, 0) is 19.9 Å². The lowest BCUT2D eigenvalue weighted by molar-refractivity contribution is 0.0696. The largest absolute Gasteiger partial charge is 0.478 e. The normalized spacial score (nSPS) is 17.2. The highest BCUT2D eigenvalue weighted by atomic mass is 16.4.